The largest absolute Gasteiger partial charge is 0.472 e. The van der Waals surface area contributed by atoms with Gasteiger partial charge in [0.2, 0.25) is 0 Å². The molecule has 17 nitrogen and oxygen atoms in total. The van der Waals surface area contributed by atoms with Gasteiger partial charge in [0.15, 0.2) is 12.2 Å². The number of ether oxygens (including phenoxy) is 4. The number of esters is 4. The van der Waals surface area contributed by atoms with Gasteiger partial charge in [-0.15, -0.1) is 0 Å². The van der Waals surface area contributed by atoms with Gasteiger partial charge in [-0.25, -0.2) is 9.13 Å². The summed E-state index contributed by atoms with van der Waals surface area (Å²) in [6, 6.07) is 0. The van der Waals surface area contributed by atoms with Crippen LogP contribution < -0.4 is 0 Å². The minimum Gasteiger partial charge on any atom is -0.462 e. The van der Waals surface area contributed by atoms with E-state index in [-0.39, 0.29) is 25.7 Å². The lowest BCUT2D eigenvalue weighted by molar-refractivity contribution is -0.161. The molecule has 5 atom stereocenters. The summed E-state index contributed by atoms with van der Waals surface area (Å²) in [4.78, 5) is 73.2. The Morgan fingerprint density at radius 3 is 0.750 bits per heavy atom. The van der Waals surface area contributed by atoms with E-state index in [2.05, 4.69) is 210 Å². The Morgan fingerprint density at radius 2 is 0.481 bits per heavy atom. The van der Waals surface area contributed by atoms with Gasteiger partial charge in [0.05, 0.1) is 26.4 Å². The van der Waals surface area contributed by atoms with Crippen LogP contribution in [0.15, 0.2) is 182 Å². The first-order chi connectivity index (χ1) is 52.7. The van der Waals surface area contributed by atoms with Gasteiger partial charge >= 0.3 is 39.5 Å². The maximum Gasteiger partial charge on any atom is 0.472 e. The Kier molecular flexibility index (Phi) is 75.0. The highest BCUT2D eigenvalue weighted by atomic mass is 31.2. The third-order valence-corrected chi connectivity index (χ3v) is 18.2. The van der Waals surface area contributed by atoms with Crippen molar-refractivity contribution in [1.29, 1.82) is 0 Å². The van der Waals surface area contributed by atoms with Crippen LogP contribution in [-0.2, 0) is 65.4 Å². The molecule has 0 radical (unpaired) electrons. The summed E-state index contributed by atoms with van der Waals surface area (Å²) in [6.45, 7) is 4.39. The first-order valence-electron chi connectivity index (χ1n) is 41.0. The minimum atomic E-state index is -5.00. The molecular formula is C89H144O17P2. The maximum atomic E-state index is 13.1. The highest BCUT2D eigenvalue weighted by molar-refractivity contribution is 7.47. The van der Waals surface area contributed by atoms with E-state index in [0.717, 1.165) is 199 Å². The third-order valence-electron chi connectivity index (χ3n) is 16.3. The molecule has 0 saturated heterocycles. The average molecular weight is 1550 g/mol. The molecule has 612 valence electrons. The van der Waals surface area contributed by atoms with Crippen LogP contribution in [0.5, 0.6) is 0 Å². The summed E-state index contributed by atoms with van der Waals surface area (Å²) in [5, 5.41) is 10.7. The summed E-state index contributed by atoms with van der Waals surface area (Å²) in [5.74, 6) is -2.29. The second-order valence-corrected chi connectivity index (χ2v) is 29.5. The third kappa shape index (κ3) is 78.3. The molecule has 19 heteroatoms. The number of hydrogen-bond acceptors (Lipinski definition) is 15. The standard InChI is InChI=1S/C89H144O17P2/c1-5-9-13-17-21-25-29-33-37-40-41-44-47-50-54-58-62-66-70-74-87(92)100-79-84(105-88(93)75-71-67-63-59-55-51-45-36-32-28-24-20-16-12-8-4)81-103-107(95,96)101-77-83(90)78-102-108(97,98)104-82-85(106-89(94)76-72-68-64-60-56-52-48-43-39-35-31-27-23-19-15-11-7-3)80-99-86(91)73-69-65-61-57-53-49-46-42-38-34-30-26-22-18-14-10-6-2/h9-11,13-15,21-28,33-39,41,44-46,48-50,52,54,83-85,90H,5-8,12,16-20,29-32,40,42-43,47,51,53,55-82H2,1-4H3,(H,95,96)(H,97,98)/b13-9-,14-10-,15-11-,25-21-,26-22-,27-23-,28-24-,37-33-,38-34-,39-35-,44-41-,45-36-,49-46-,52-48-,54-50-. The fourth-order valence-corrected chi connectivity index (χ4v) is 11.8. The van der Waals surface area contributed by atoms with Gasteiger partial charge in [-0.3, -0.25) is 37.3 Å². The van der Waals surface area contributed by atoms with Crippen molar-refractivity contribution in [3.8, 4) is 0 Å². The molecule has 0 aromatic heterocycles. The highest BCUT2D eigenvalue weighted by Crippen LogP contribution is 2.45. The van der Waals surface area contributed by atoms with Crippen molar-refractivity contribution in [2.75, 3.05) is 39.6 Å². The van der Waals surface area contributed by atoms with E-state index >= 15 is 0 Å². The van der Waals surface area contributed by atoms with E-state index in [9.17, 15) is 43.2 Å². The Labute approximate surface area is 654 Å². The molecule has 0 aliphatic rings. The molecule has 0 aromatic rings. The van der Waals surface area contributed by atoms with Crippen LogP contribution in [-0.4, -0.2) is 96.7 Å². The van der Waals surface area contributed by atoms with Crippen molar-refractivity contribution in [3.05, 3.63) is 182 Å². The highest BCUT2D eigenvalue weighted by Gasteiger charge is 2.30. The van der Waals surface area contributed by atoms with E-state index in [0.29, 0.717) is 25.7 Å². The van der Waals surface area contributed by atoms with Crippen LogP contribution in [0.25, 0.3) is 0 Å². The lowest BCUT2D eigenvalue weighted by Gasteiger charge is -2.21. The molecule has 108 heavy (non-hydrogen) atoms. The van der Waals surface area contributed by atoms with Gasteiger partial charge in [-0.05, 0) is 180 Å². The lowest BCUT2D eigenvalue weighted by atomic mass is 10.1. The number of hydrogen-bond donors (Lipinski definition) is 3. The van der Waals surface area contributed by atoms with Gasteiger partial charge in [-0.1, -0.05) is 274 Å². The van der Waals surface area contributed by atoms with Crippen LogP contribution in [0, 0.1) is 0 Å². The maximum absolute atomic E-state index is 13.1. The Morgan fingerprint density at radius 1 is 0.269 bits per heavy atom. The molecule has 0 bridgehead atoms. The minimum absolute atomic E-state index is 0.0534. The fraction of sp³-hybridized carbons (Fsp3) is 0.618. The van der Waals surface area contributed by atoms with Gasteiger partial charge < -0.3 is 33.8 Å². The molecule has 0 amide bonds. The zero-order valence-corrected chi connectivity index (χ0v) is 68.7. The van der Waals surface area contributed by atoms with E-state index in [4.69, 9.17) is 37.0 Å². The molecule has 5 unspecified atom stereocenters. The smallest absolute Gasteiger partial charge is 0.462 e. The summed E-state index contributed by atoms with van der Waals surface area (Å²) in [6.07, 6.45) is 95.7. The first-order valence-corrected chi connectivity index (χ1v) is 44.0. The van der Waals surface area contributed by atoms with Crippen LogP contribution in [0.3, 0.4) is 0 Å². The summed E-state index contributed by atoms with van der Waals surface area (Å²) >= 11 is 0. The van der Waals surface area contributed by atoms with Crippen LogP contribution in [0.2, 0.25) is 0 Å². The van der Waals surface area contributed by atoms with E-state index in [1.54, 1.807) is 0 Å². The number of allylic oxidation sites excluding steroid dienone is 30. The summed E-state index contributed by atoms with van der Waals surface area (Å²) in [7, 11) is -10.0. The molecule has 0 spiro atoms. The van der Waals surface area contributed by atoms with Crippen molar-refractivity contribution < 1.29 is 80.2 Å². The Bertz CT molecular complexity index is 2760. The Balaban J connectivity index is 5.48. The number of phosphoric ester groups is 2. The van der Waals surface area contributed by atoms with Gasteiger partial charge in [0.1, 0.15) is 19.3 Å². The number of aliphatic hydroxyl groups excluding tert-OH is 1. The first kappa shape index (κ1) is 102. The second kappa shape index (κ2) is 79.3. The SMILES string of the molecule is CC/C=C\C/C=C\C/C=C\C/C=C\C/C=C\CCCCCC(=O)OCC(COP(=O)(O)OCC(O)COP(=O)(O)OCC(COC(=O)CCCCCC/C=C\C/C=C\C/C=C\C/C=C\CC)OC(=O)CCCCCC/C=C\C/C=C\C/C=C\C/C=C\CC)OC(=O)CCCCCCC/C=C\C/C=C\CCCCC. The average Bonchev–Trinajstić information content (AvgIpc) is 0.901. The molecule has 0 aliphatic carbocycles. The molecular weight excluding hydrogens is 1400 g/mol. The van der Waals surface area contributed by atoms with Gasteiger partial charge in [0.25, 0.3) is 0 Å². The predicted molar refractivity (Wildman–Crippen MR) is 445 cm³/mol. The normalized spacial score (nSPS) is 14.8. The van der Waals surface area contributed by atoms with E-state index in [1.165, 1.54) is 19.3 Å². The van der Waals surface area contributed by atoms with E-state index in [1.807, 2.05) is 0 Å². The molecule has 3 N–H and O–H groups in total. The number of aliphatic hydroxyl groups is 1. The Hall–Kier alpha value is -5.84. The zero-order valence-electron chi connectivity index (χ0n) is 66.9. The van der Waals surface area contributed by atoms with Crippen LogP contribution in [0.1, 0.15) is 297 Å². The number of carbonyl (C=O) groups is 4. The van der Waals surface area contributed by atoms with Crippen molar-refractivity contribution in [1.82, 2.24) is 0 Å². The summed E-state index contributed by atoms with van der Waals surface area (Å²) < 4.78 is 68.6. The van der Waals surface area contributed by atoms with Crippen molar-refractivity contribution in [2.24, 2.45) is 0 Å². The van der Waals surface area contributed by atoms with Crippen molar-refractivity contribution in [2.45, 2.75) is 316 Å². The topological polar surface area (TPSA) is 237 Å². The molecule has 0 heterocycles. The van der Waals surface area contributed by atoms with Crippen molar-refractivity contribution in [3.63, 3.8) is 0 Å². The monoisotopic (exact) mass is 1550 g/mol. The zero-order chi connectivity index (χ0) is 78.9. The van der Waals surface area contributed by atoms with Crippen molar-refractivity contribution >= 4 is 39.5 Å². The molecule has 0 fully saturated rings. The quantitative estimate of drug-likeness (QED) is 0.0169. The fourth-order valence-electron chi connectivity index (χ4n) is 10.2. The molecule has 0 rings (SSSR count). The van der Waals surface area contributed by atoms with Crippen LogP contribution >= 0.6 is 15.6 Å². The predicted octanol–water partition coefficient (Wildman–Crippen LogP) is 24.3. The number of rotatable bonds is 75. The lowest BCUT2D eigenvalue weighted by Crippen LogP contribution is -2.30. The molecule has 0 saturated carbocycles. The van der Waals surface area contributed by atoms with Gasteiger partial charge in [0, 0.05) is 25.7 Å². The summed E-state index contributed by atoms with van der Waals surface area (Å²) in [5.41, 5.74) is 0. The number of phosphoric acid groups is 2. The van der Waals surface area contributed by atoms with Gasteiger partial charge in [-0.2, -0.15) is 0 Å². The molecule has 0 aliphatic heterocycles. The number of carbonyl (C=O) groups excluding carboxylic acids is 4. The van der Waals surface area contributed by atoms with Crippen LogP contribution in [0.4, 0.5) is 0 Å². The molecule has 0 aromatic carbocycles. The van der Waals surface area contributed by atoms with E-state index < -0.39 is 97.5 Å². The number of unbranched alkanes of at least 4 members (excludes halogenated alkanes) is 19. The second-order valence-electron chi connectivity index (χ2n) is 26.6.